The van der Waals surface area contributed by atoms with Crippen molar-refractivity contribution in [2.75, 3.05) is 19.0 Å². The molecule has 7 heteroatoms. The maximum absolute atomic E-state index is 12.4. The van der Waals surface area contributed by atoms with Crippen LogP contribution in [0.5, 0.6) is 0 Å². The number of nitrogens with zero attached hydrogens (tertiary/aromatic N) is 4. The third-order valence-corrected chi connectivity index (χ3v) is 4.32. The third kappa shape index (κ3) is 4.04. The van der Waals surface area contributed by atoms with E-state index in [4.69, 9.17) is 0 Å². The molecule has 1 fully saturated rings. The molecule has 3 rings (SSSR count). The average Bonchev–Trinajstić information content (AvgIpc) is 3.45. The normalized spacial score (nSPS) is 14.8. The number of pyridine rings is 1. The Bertz CT molecular complexity index is 826. The van der Waals surface area contributed by atoms with Crippen LogP contribution < -0.4 is 15.8 Å². The molecule has 1 aliphatic rings. The van der Waals surface area contributed by atoms with Crippen LogP contribution in [0, 0.1) is 0 Å². The molecule has 1 N–H and O–H groups in total. The Morgan fingerprint density at radius 1 is 1.36 bits per heavy atom. The lowest BCUT2D eigenvalue weighted by Gasteiger charge is -2.16. The number of carbonyl (C=O) groups excluding carboxylic acids is 1. The van der Waals surface area contributed by atoms with Gasteiger partial charge in [-0.25, -0.2) is 9.67 Å². The first kappa shape index (κ1) is 17.1. The summed E-state index contributed by atoms with van der Waals surface area (Å²) in [6.07, 6.45) is 3.91. The maximum Gasteiger partial charge on any atom is 0.267 e. The smallest absolute Gasteiger partial charge is 0.267 e. The highest BCUT2D eigenvalue weighted by atomic mass is 16.2. The monoisotopic (exact) mass is 341 g/mol. The fourth-order valence-electron chi connectivity index (χ4n) is 2.58. The van der Waals surface area contributed by atoms with Crippen LogP contribution in [-0.4, -0.2) is 34.8 Å². The highest BCUT2D eigenvalue weighted by molar-refractivity contribution is 5.79. The van der Waals surface area contributed by atoms with Crippen molar-refractivity contribution in [3.05, 3.63) is 52.1 Å². The highest BCUT2D eigenvalue weighted by Crippen LogP contribution is 2.38. The summed E-state index contributed by atoms with van der Waals surface area (Å²) < 4.78 is 1.28. The molecule has 0 saturated heterocycles. The summed E-state index contributed by atoms with van der Waals surface area (Å²) in [6.45, 7) is 2.07. The van der Waals surface area contributed by atoms with E-state index in [-0.39, 0.29) is 11.5 Å². The number of carbonyl (C=O) groups is 1. The predicted octanol–water partition coefficient (Wildman–Crippen LogP) is 1.46. The summed E-state index contributed by atoms with van der Waals surface area (Å²) in [5, 5.41) is 7.24. The number of anilines is 1. The second-order valence-corrected chi connectivity index (χ2v) is 6.63. The molecular weight excluding hydrogens is 318 g/mol. The lowest BCUT2D eigenvalue weighted by molar-refractivity contribution is -0.124. The Kier molecular flexibility index (Phi) is 4.83. The quantitative estimate of drug-likeness (QED) is 0.860. The second-order valence-electron chi connectivity index (χ2n) is 6.63. The molecular formula is C18H23N5O2. The van der Waals surface area contributed by atoms with Gasteiger partial charge >= 0.3 is 0 Å². The number of rotatable bonds is 6. The molecule has 0 bridgehead atoms. The van der Waals surface area contributed by atoms with Crippen LogP contribution >= 0.6 is 0 Å². The van der Waals surface area contributed by atoms with E-state index in [0.29, 0.717) is 12.5 Å². The SMILES string of the molecule is CC(C(=O)NCc1ccnc(N(C)C)c1)n1nc(C2CC2)ccc1=O. The van der Waals surface area contributed by atoms with Crippen molar-refractivity contribution in [3.8, 4) is 0 Å². The Morgan fingerprint density at radius 2 is 2.12 bits per heavy atom. The first-order chi connectivity index (χ1) is 12.0. The van der Waals surface area contributed by atoms with Gasteiger partial charge in [0.25, 0.3) is 5.56 Å². The zero-order valence-electron chi connectivity index (χ0n) is 14.8. The van der Waals surface area contributed by atoms with Crippen LogP contribution in [0.2, 0.25) is 0 Å². The van der Waals surface area contributed by atoms with Gasteiger partial charge in [-0.3, -0.25) is 9.59 Å². The van der Waals surface area contributed by atoms with Gasteiger partial charge in [-0.1, -0.05) is 0 Å². The van der Waals surface area contributed by atoms with Crippen molar-refractivity contribution in [3.63, 3.8) is 0 Å². The van der Waals surface area contributed by atoms with Crippen molar-refractivity contribution in [2.45, 2.75) is 38.3 Å². The molecule has 7 nitrogen and oxygen atoms in total. The molecule has 1 unspecified atom stereocenters. The van der Waals surface area contributed by atoms with E-state index < -0.39 is 6.04 Å². The Hall–Kier alpha value is -2.70. The summed E-state index contributed by atoms with van der Waals surface area (Å²) >= 11 is 0. The molecule has 2 aromatic heterocycles. The number of hydrogen-bond acceptors (Lipinski definition) is 5. The van der Waals surface area contributed by atoms with Gasteiger partial charge in [0.2, 0.25) is 5.91 Å². The van der Waals surface area contributed by atoms with E-state index in [0.717, 1.165) is 29.9 Å². The summed E-state index contributed by atoms with van der Waals surface area (Å²) in [5.41, 5.74) is 1.58. The van der Waals surface area contributed by atoms with Crippen LogP contribution in [-0.2, 0) is 11.3 Å². The standard InChI is InChI=1S/C18H23N5O2/c1-12(23-17(24)7-6-15(21-23)14-4-5-14)18(25)20-11-13-8-9-19-16(10-13)22(2)3/h6-10,12,14H,4-5,11H2,1-3H3,(H,20,25). The van der Waals surface area contributed by atoms with Gasteiger partial charge in [0.15, 0.2) is 0 Å². The van der Waals surface area contributed by atoms with Crippen LogP contribution in [0.1, 0.15) is 43.0 Å². The molecule has 2 heterocycles. The van der Waals surface area contributed by atoms with E-state index in [1.54, 1.807) is 19.2 Å². The second kappa shape index (κ2) is 7.04. The number of nitrogens with one attached hydrogen (secondary N) is 1. The molecule has 1 atom stereocenters. The summed E-state index contributed by atoms with van der Waals surface area (Å²) in [6, 6.07) is 6.39. The summed E-state index contributed by atoms with van der Waals surface area (Å²) in [4.78, 5) is 30.7. The number of hydrogen-bond donors (Lipinski definition) is 1. The van der Waals surface area contributed by atoms with E-state index >= 15 is 0 Å². The minimum Gasteiger partial charge on any atom is -0.363 e. The average molecular weight is 341 g/mol. The predicted molar refractivity (Wildman–Crippen MR) is 95.6 cm³/mol. The maximum atomic E-state index is 12.4. The largest absolute Gasteiger partial charge is 0.363 e. The van der Waals surface area contributed by atoms with Gasteiger partial charge in [-0.15, -0.1) is 0 Å². The minimum atomic E-state index is -0.652. The van der Waals surface area contributed by atoms with E-state index in [1.165, 1.54) is 10.7 Å². The van der Waals surface area contributed by atoms with Gasteiger partial charge in [0, 0.05) is 38.8 Å². The zero-order chi connectivity index (χ0) is 18.0. The first-order valence-electron chi connectivity index (χ1n) is 8.45. The van der Waals surface area contributed by atoms with E-state index in [2.05, 4.69) is 15.4 Å². The number of aromatic nitrogens is 3. The third-order valence-electron chi connectivity index (χ3n) is 4.32. The van der Waals surface area contributed by atoms with Crippen LogP contribution in [0.3, 0.4) is 0 Å². The van der Waals surface area contributed by atoms with Crippen molar-refractivity contribution in [1.29, 1.82) is 0 Å². The fourth-order valence-corrected chi connectivity index (χ4v) is 2.58. The van der Waals surface area contributed by atoms with E-state index in [1.807, 2.05) is 31.1 Å². The Morgan fingerprint density at radius 3 is 2.80 bits per heavy atom. The fraction of sp³-hybridized carbons (Fsp3) is 0.444. The molecule has 132 valence electrons. The summed E-state index contributed by atoms with van der Waals surface area (Å²) in [5.74, 6) is 1.03. The van der Waals surface area contributed by atoms with Gasteiger partial charge in [0.05, 0.1) is 5.69 Å². The molecule has 0 aliphatic heterocycles. The van der Waals surface area contributed by atoms with Crippen LogP contribution in [0.15, 0.2) is 35.3 Å². The molecule has 0 aromatic carbocycles. The molecule has 1 amide bonds. The van der Waals surface area contributed by atoms with Gasteiger partial charge in [-0.05, 0) is 43.5 Å². The van der Waals surface area contributed by atoms with Crippen molar-refractivity contribution >= 4 is 11.7 Å². The van der Waals surface area contributed by atoms with Gasteiger partial charge in [0.1, 0.15) is 11.9 Å². The van der Waals surface area contributed by atoms with Crippen molar-refractivity contribution in [1.82, 2.24) is 20.1 Å². The number of amides is 1. The van der Waals surface area contributed by atoms with Crippen molar-refractivity contribution in [2.24, 2.45) is 0 Å². The highest BCUT2D eigenvalue weighted by Gasteiger charge is 2.27. The molecule has 0 spiro atoms. The van der Waals surface area contributed by atoms with Crippen LogP contribution in [0.25, 0.3) is 0 Å². The van der Waals surface area contributed by atoms with Crippen molar-refractivity contribution < 1.29 is 4.79 Å². The Balaban J connectivity index is 1.68. The topological polar surface area (TPSA) is 80.1 Å². The molecule has 0 radical (unpaired) electrons. The first-order valence-corrected chi connectivity index (χ1v) is 8.45. The molecule has 1 aliphatic carbocycles. The summed E-state index contributed by atoms with van der Waals surface area (Å²) in [7, 11) is 3.83. The lowest BCUT2D eigenvalue weighted by atomic mass is 10.2. The minimum absolute atomic E-state index is 0.231. The van der Waals surface area contributed by atoms with Gasteiger partial charge < -0.3 is 10.2 Å². The molecule has 25 heavy (non-hydrogen) atoms. The van der Waals surface area contributed by atoms with Crippen LogP contribution in [0.4, 0.5) is 5.82 Å². The van der Waals surface area contributed by atoms with E-state index in [9.17, 15) is 9.59 Å². The Labute approximate surface area is 146 Å². The van der Waals surface area contributed by atoms with Gasteiger partial charge in [-0.2, -0.15) is 5.10 Å². The zero-order valence-corrected chi connectivity index (χ0v) is 14.8. The molecule has 1 saturated carbocycles. The lowest BCUT2D eigenvalue weighted by Crippen LogP contribution is -2.37. The molecule has 2 aromatic rings.